The first-order valence-corrected chi connectivity index (χ1v) is 13.4. The summed E-state index contributed by atoms with van der Waals surface area (Å²) in [5.41, 5.74) is 2.14. The molecular weight excluding hydrogens is 462 g/mol. The summed E-state index contributed by atoms with van der Waals surface area (Å²) in [4.78, 5) is 17.9. The molecule has 1 N–H and O–H groups in total. The maximum atomic E-state index is 12.4. The Labute approximate surface area is 195 Å². The van der Waals surface area contributed by atoms with Crippen molar-refractivity contribution in [1.82, 2.24) is 4.98 Å². The molecule has 4 aromatic rings. The van der Waals surface area contributed by atoms with Crippen LogP contribution >= 0.6 is 23.1 Å². The number of hydrogen-bond donors (Lipinski definition) is 1. The predicted octanol–water partition coefficient (Wildman–Crippen LogP) is 5.09. The van der Waals surface area contributed by atoms with E-state index >= 15 is 0 Å². The van der Waals surface area contributed by atoms with Crippen LogP contribution < -0.4 is 9.62 Å². The number of carbonyl (C=O) groups is 1. The number of aromatic nitrogens is 1. The molecule has 0 spiro atoms. The molecule has 0 saturated carbocycles. The molecule has 0 fully saturated rings. The number of rotatable bonds is 7. The molecule has 3 aromatic carbocycles. The lowest BCUT2D eigenvalue weighted by Crippen LogP contribution is -2.24. The minimum atomic E-state index is -3.31. The number of fused-ring (bicyclic) bond motifs is 1. The molecule has 32 heavy (non-hydrogen) atoms. The van der Waals surface area contributed by atoms with Gasteiger partial charge in [0, 0.05) is 22.9 Å². The molecule has 164 valence electrons. The van der Waals surface area contributed by atoms with Crippen molar-refractivity contribution in [3.63, 3.8) is 0 Å². The van der Waals surface area contributed by atoms with Gasteiger partial charge in [-0.3, -0.25) is 9.10 Å². The van der Waals surface area contributed by atoms with E-state index in [0.29, 0.717) is 16.6 Å². The van der Waals surface area contributed by atoms with Crippen molar-refractivity contribution in [1.29, 1.82) is 0 Å². The van der Waals surface area contributed by atoms with Gasteiger partial charge >= 0.3 is 0 Å². The number of hydrogen-bond acceptors (Lipinski definition) is 6. The van der Waals surface area contributed by atoms with Crippen LogP contribution in [0.4, 0.5) is 10.8 Å². The molecule has 0 unspecified atom stereocenters. The van der Waals surface area contributed by atoms with E-state index in [-0.39, 0.29) is 5.91 Å². The van der Waals surface area contributed by atoms with E-state index < -0.39 is 10.0 Å². The second kappa shape index (κ2) is 9.32. The maximum absolute atomic E-state index is 12.4. The second-order valence-corrected chi connectivity index (χ2v) is 11.1. The fraction of sp³-hybridized carbons (Fsp3) is 0.130. The maximum Gasteiger partial charge on any atom is 0.236 e. The topological polar surface area (TPSA) is 79.4 Å². The van der Waals surface area contributed by atoms with Gasteiger partial charge in [-0.1, -0.05) is 42.5 Å². The fourth-order valence-electron chi connectivity index (χ4n) is 3.06. The molecule has 1 amide bonds. The quantitative estimate of drug-likeness (QED) is 0.371. The highest BCUT2D eigenvalue weighted by Crippen LogP contribution is 2.28. The second-order valence-electron chi connectivity index (χ2n) is 7.16. The molecule has 0 aliphatic carbocycles. The molecular formula is C23H21N3O3S3. The highest BCUT2D eigenvalue weighted by molar-refractivity contribution is 8.00. The molecule has 0 aliphatic rings. The minimum absolute atomic E-state index is 0.116. The van der Waals surface area contributed by atoms with Crippen molar-refractivity contribution in [3.8, 4) is 11.3 Å². The molecule has 0 radical (unpaired) electrons. The fourth-order valence-corrected chi connectivity index (χ4v) is 5.04. The summed E-state index contributed by atoms with van der Waals surface area (Å²) in [7, 11) is -1.80. The lowest BCUT2D eigenvalue weighted by Gasteiger charge is -2.16. The predicted molar refractivity (Wildman–Crippen MR) is 134 cm³/mol. The lowest BCUT2D eigenvalue weighted by molar-refractivity contribution is -0.113. The number of nitrogens with one attached hydrogen (secondary N) is 1. The smallest absolute Gasteiger partial charge is 0.236 e. The van der Waals surface area contributed by atoms with Gasteiger partial charge in [-0.15, -0.1) is 23.1 Å². The summed E-state index contributed by atoms with van der Waals surface area (Å²) in [5.74, 6) is 0.175. The summed E-state index contributed by atoms with van der Waals surface area (Å²) in [6, 6.07) is 21.4. The third-order valence-electron chi connectivity index (χ3n) is 4.87. The van der Waals surface area contributed by atoms with Gasteiger partial charge in [-0.25, -0.2) is 13.4 Å². The normalized spacial score (nSPS) is 11.4. The molecule has 9 heteroatoms. The van der Waals surface area contributed by atoms with Crippen LogP contribution in [-0.4, -0.2) is 38.4 Å². The van der Waals surface area contributed by atoms with E-state index in [4.69, 9.17) is 0 Å². The van der Waals surface area contributed by atoms with Crippen molar-refractivity contribution in [3.05, 3.63) is 72.1 Å². The summed E-state index contributed by atoms with van der Waals surface area (Å²) in [6.07, 6.45) is 1.16. The lowest BCUT2D eigenvalue weighted by atomic mass is 10.1. The Hall–Kier alpha value is -2.88. The number of thioether (sulfide) groups is 1. The average molecular weight is 484 g/mol. The third-order valence-corrected chi connectivity index (χ3v) is 7.82. The van der Waals surface area contributed by atoms with E-state index in [0.717, 1.165) is 27.8 Å². The van der Waals surface area contributed by atoms with Gasteiger partial charge in [0.05, 0.1) is 23.4 Å². The van der Waals surface area contributed by atoms with Gasteiger partial charge in [0.25, 0.3) is 0 Å². The first kappa shape index (κ1) is 22.3. The van der Waals surface area contributed by atoms with E-state index in [1.54, 1.807) is 12.1 Å². The van der Waals surface area contributed by atoms with Gasteiger partial charge in [0.15, 0.2) is 5.13 Å². The number of sulfonamides is 1. The van der Waals surface area contributed by atoms with E-state index in [2.05, 4.69) is 34.6 Å². The molecule has 0 saturated heterocycles. The van der Waals surface area contributed by atoms with Crippen LogP contribution in [0.3, 0.4) is 0 Å². The highest BCUT2D eigenvalue weighted by Gasteiger charge is 2.13. The zero-order chi connectivity index (χ0) is 22.7. The molecule has 0 aliphatic heterocycles. The van der Waals surface area contributed by atoms with Crippen LogP contribution in [0.2, 0.25) is 0 Å². The zero-order valence-electron chi connectivity index (χ0n) is 17.5. The number of anilines is 2. The third kappa shape index (κ3) is 5.29. The Balaban J connectivity index is 1.36. The van der Waals surface area contributed by atoms with Crippen molar-refractivity contribution >= 4 is 60.6 Å². The number of amides is 1. The van der Waals surface area contributed by atoms with Crippen LogP contribution in [0, 0.1) is 0 Å². The monoisotopic (exact) mass is 483 g/mol. The summed E-state index contributed by atoms with van der Waals surface area (Å²) in [5, 5.41) is 7.56. The Kier molecular flexibility index (Phi) is 6.50. The SMILES string of the molecule is CN(c1ccc(-c2csc(NC(=O)CSc3ccc4ccccc4c3)n2)cc1)S(C)(=O)=O. The molecule has 0 bridgehead atoms. The number of carbonyl (C=O) groups excluding carboxylic acids is 1. The van der Waals surface area contributed by atoms with Crippen LogP contribution in [0.15, 0.2) is 77.0 Å². The van der Waals surface area contributed by atoms with Crippen LogP contribution in [0.5, 0.6) is 0 Å². The summed E-state index contributed by atoms with van der Waals surface area (Å²) >= 11 is 2.84. The standard InChI is InChI=1S/C23H21N3O3S3/c1-26(32(2,28)29)19-10-7-17(8-11-19)21-14-31-23(24-21)25-22(27)15-30-20-12-9-16-5-3-4-6-18(16)13-20/h3-14H,15H2,1-2H3,(H,24,25,27). The number of benzene rings is 3. The van der Waals surface area contributed by atoms with E-state index in [1.807, 2.05) is 35.7 Å². The molecule has 4 rings (SSSR count). The molecule has 1 aromatic heterocycles. The van der Waals surface area contributed by atoms with Gasteiger partial charge in [-0.2, -0.15) is 0 Å². The Morgan fingerprint density at radius 1 is 1.06 bits per heavy atom. The molecule has 0 atom stereocenters. The molecule has 1 heterocycles. The first-order chi connectivity index (χ1) is 15.3. The Bertz CT molecular complexity index is 1370. The van der Waals surface area contributed by atoms with Crippen LogP contribution in [0.25, 0.3) is 22.0 Å². The van der Waals surface area contributed by atoms with Crippen molar-refractivity contribution in [2.24, 2.45) is 0 Å². The van der Waals surface area contributed by atoms with Crippen molar-refractivity contribution < 1.29 is 13.2 Å². The number of nitrogens with zero attached hydrogens (tertiary/aromatic N) is 2. The van der Waals surface area contributed by atoms with E-state index in [9.17, 15) is 13.2 Å². The van der Waals surface area contributed by atoms with Crippen molar-refractivity contribution in [2.75, 3.05) is 28.7 Å². The Morgan fingerprint density at radius 3 is 2.50 bits per heavy atom. The van der Waals surface area contributed by atoms with Gasteiger partial charge in [-0.05, 0) is 35.0 Å². The molecule has 6 nitrogen and oxygen atoms in total. The Morgan fingerprint density at radius 2 is 1.78 bits per heavy atom. The minimum Gasteiger partial charge on any atom is -0.301 e. The average Bonchev–Trinajstić information content (AvgIpc) is 3.25. The highest BCUT2D eigenvalue weighted by atomic mass is 32.2. The van der Waals surface area contributed by atoms with Gasteiger partial charge < -0.3 is 5.32 Å². The number of thiazole rings is 1. The zero-order valence-corrected chi connectivity index (χ0v) is 19.9. The first-order valence-electron chi connectivity index (χ1n) is 9.71. The van der Waals surface area contributed by atoms with Gasteiger partial charge in [0.1, 0.15) is 0 Å². The van der Waals surface area contributed by atoms with Crippen molar-refractivity contribution in [2.45, 2.75) is 4.90 Å². The van der Waals surface area contributed by atoms with Crippen LogP contribution in [0.1, 0.15) is 0 Å². The summed E-state index contributed by atoms with van der Waals surface area (Å²) < 4.78 is 24.6. The van der Waals surface area contributed by atoms with Crippen LogP contribution in [-0.2, 0) is 14.8 Å². The largest absolute Gasteiger partial charge is 0.301 e. The summed E-state index contributed by atoms with van der Waals surface area (Å²) in [6.45, 7) is 0. The van der Waals surface area contributed by atoms with E-state index in [1.165, 1.54) is 39.8 Å². The van der Waals surface area contributed by atoms with Gasteiger partial charge in [0.2, 0.25) is 15.9 Å².